The summed E-state index contributed by atoms with van der Waals surface area (Å²) in [5, 5.41) is 5.49. The van der Waals surface area contributed by atoms with E-state index in [-0.39, 0.29) is 0 Å². The molecule has 134 valence electrons. The van der Waals surface area contributed by atoms with Gasteiger partial charge in [0.25, 0.3) is 0 Å². The van der Waals surface area contributed by atoms with Crippen LogP contribution >= 0.6 is 0 Å². The summed E-state index contributed by atoms with van der Waals surface area (Å²) >= 11 is 0. The highest BCUT2D eigenvalue weighted by Crippen LogP contribution is 2.26. The number of rotatable bonds is 5. The van der Waals surface area contributed by atoms with Crippen LogP contribution in [0, 0.1) is 12.8 Å². The molecule has 0 bridgehead atoms. The van der Waals surface area contributed by atoms with Crippen molar-refractivity contribution < 1.29 is 4.52 Å². The molecule has 1 aliphatic rings. The lowest BCUT2D eigenvalue weighted by Crippen LogP contribution is -2.29. The molecule has 2 aromatic carbocycles. The normalized spacial score (nSPS) is 16.0. The SMILES string of the molecule is Cc1ccc2onc(CCC3CCN(C=Cc4ccccc4)CC3)c2c1. The van der Waals surface area contributed by atoms with Gasteiger partial charge in [-0.3, -0.25) is 0 Å². The number of fused-ring (bicyclic) bond motifs is 1. The van der Waals surface area contributed by atoms with Crippen molar-refractivity contribution in [2.45, 2.75) is 32.6 Å². The maximum atomic E-state index is 5.47. The van der Waals surface area contributed by atoms with E-state index < -0.39 is 0 Å². The van der Waals surface area contributed by atoms with Crippen molar-refractivity contribution in [3.8, 4) is 0 Å². The Kier molecular flexibility index (Phi) is 5.05. The van der Waals surface area contributed by atoms with Crippen LogP contribution in [-0.4, -0.2) is 23.1 Å². The highest BCUT2D eigenvalue weighted by molar-refractivity contribution is 5.80. The quantitative estimate of drug-likeness (QED) is 0.615. The summed E-state index contributed by atoms with van der Waals surface area (Å²) in [6, 6.07) is 16.8. The van der Waals surface area contributed by atoms with Crippen LogP contribution in [0.5, 0.6) is 0 Å². The van der Waals surface area contributed by atoms with Gasteiger partial charge in [0.2, 0.25) is 0 Å². The Morgan fingerprint density at radius 3 is 2.73 bits per heavy atom. The summed E-state index contributed by atoms with van der Waals surface area (Å²) < 4.78 is 5.47. The third kappa shape index (κ3) is 3.98. The van der Waals surface area contributed by atoms with Gasteiger partial charge in [0.15, 0.2) is 5.58 Å². The summed E-state index contributed by atoms with van der Waals surface area (Å²) in [5.41, 5.74) is 4.56. The van der Waals surface area contributed by atoms with Gasteiger partial charge in [-0.1, -0.05) is 47.1 Å². The number of aromatic nitrogens is 1. The maximum Gasteiger partial charge on any atom is 0.167 e. The van der Waals surface area contributed by atoms with Gasteiger partial charge < -0.3 is 9.42 Å². The molecule has 0 spiro atoms. The van der Waals surface area contributed by atoms with Crippen molar-refractivity contribution in [1.29, 1.82) is 0 Å². The molecule has 0 saturated carbocycles. The minimum atomic E-state index is 0.785. The van der Waals surface area contributed by atoms with Gasteiger partial charge in [-0.25, -0.2) is 0 Å². The summed E-state index contributed by atoms with van der Waals surface area (Å²) in [4.78, 5) is 2.44. The zero-order chi connectivity index (χ0) is 17.8. The van der Waals surface area contributed by atoms with E-state index in [0.29, 0.717) is 0 Å². The molecule has 3 heteroatoms. The molecule has 1 fully saturated rings. The molecule has 4 rings (SSSR count). The van der Waals surface area contributed by atoms with E-state index in [1.54, 1.807) is 0 Å². The van der Waals surface area contributed by atoms with Crippen molar-refractivity contribution >= 4 is 17.0 Å². The van der Waals surface area contributed by atoms with Crippen molar-refractivity contribution in [3.05, 3.63) is 71.6 Å². The van der Waals surface area contributed by atoms with E-state index in [1.807, 2.05) is 6.07 Å². The van der Waals surface area contributed by atoms with Crippen LogP contribution in [0.4, 0.5) is 0 Å². The van der Waals surface area contributed by atoms with E-state index in [0.717, 1.165) is 36.7 Å². The Balaban J connectivity index is 1.28. The summed E-state index contributed by atoms with van der Waals surface area (Å²) in [7, 11) is 0. The Morgan fingerprint density at radius 1 is 1.12 bits per heavy atom. The number of hydrogen-bond acceptors (Lipinski definition) is 3. The molecule has 0 radical (unpaired) electrons. The van der Waals surface area contributed by atoms with Gasteiger partial charge in [-0.15, -0.1) is 0 Å². The second kappa shape index (κ2) is 7.77. The Morgan fingerprint density at radius 2 is 1.92 bits per heavy atom. The predicted octanol–water partition coefficient (Wildman–Crippen LogP) is 5.45. The predicted molar refractivity (Wildman–Crippen MR) is 107 cm³/mol. The number of nitrogens with zero attached hydrogens (tertiary/aromatic N) is 2. The zero-order valence-electron chi connectivity index (χ0n) is 15.4. The van der Waals surface area contributed by atoms with E-state index in [2.05, 4.69) is 71.7 Å². The van der Waals surface area contributed by atoms with Crippen molar-refractivity contribution in [1.82, 2.24) is 10.1 Å². The van der Waals surface area contributed by atoms with Gasteiger partial charge in [0, 0.05) is 18.5 Å². The number of hydrogen-bond donors (Lipinski definition) is 0. The van der Waals surface area contributed by atoms with Crippen molar-refractivity contribution in [2.24, 2.45) is 5.92 Å². The third-order valence-corrected chi connectivity index (χ3v) is 5.42. The number of aryl methyl sites for hydroxylation is 2. The Hall–Kier alpha value is -2.55. The van der Waals surface area contributed by atoms with E-state index >= 15 is 0 Å². The van der Waals surface area contributed by atoms with Gasteiger partial charge in [0.1, 0.15) is 0 Å². The molecular weight excluding hydrogens is 320 g/mol. The average molecular weight is 346 g/mol. The fourth-order valence-electron chi connectivity index (χ4n) is 3.77. The van der Waals surface area contributed by atoms with E-state index in [4.69, 9.17) is 4.52 Å². The monoisotopic (exact) mass is 346 g/mol. The minimum Gasteiger partial charge on any atom is -0.377 e. The first-order chi connectivity index (χ1) is 12.8. The van der Waals surface area contributed by atoms with Gasteiger partial charge in [0.05, 0.1) is 5.69 Å². The van der Waals surface area contributed by atoms with E-state index in [1.165, 1.54) is 35.8 Å². The molecule has 0 amide bonds. The molecule has 1 aromatic heterocycles. The van der Waals surface area contributed by atoms with Crippen LogP contribution in [0.1, 0.15) is 36.1 Å². The van der Waals surface area contributed by atoms with E-state index in [9.17, 15) is 0 Å². The standard InChI is InChI=1S/C23H26N2O/c1-18-7-10-23-21(17-18)22(24-26-23)9-8-20-12-15-25(16-13-20)14-11-19-5-3-2-4-6-19/h2-7,10-11,14,17,20H,8-9,12-13,15-16H2,1H3. The molecule has 0 unspecified atom stereocenters. The molecule has 26 heavy (non-hydrogen) atoms. The van der Waals surface area contributed by atoms with Crippen LogP contribution in [0.15, 0.2) is 59.3 Å². The highest BCUT2D eigenvalue weighted by atomic mass is 16.5. The summed E-state index contributed by atoms with van der Waals surface area (Å²) in [6.45, 7) is 4.41. The first-order valence-corrected chi connectivity index (χ1v) is 9.60. The summed E-state index contributed by atoms with van der Waals surface area (Å²) in [6.07, 6.45) is 9.19. The van der Waals surface area contributed by atoms with Crippen LogP contribution in [0.3, 0.4) is 0 Å². The average Bonchev–Trinajstić information content (AvgIpc) is 3.08. The number of likely N-dealkylation sites (tertiary alicyclic amines) is 1. The lowest BCUT2D eigenvalue weighted by Gasteiger charge is -2.31. The lowest BCUT2D eigenvalue weighted by molar-refractivity contribution is 0.235. The van der Waals surface area contributed by atoms with Crippen molar-refractivity contribution in [3.63, 3.8) is 0 Å². The highest BCUT2D eigenvalue weighted by Gasteiger charge is 2.18. The molecule has 1 aliphatic heterocycles. The lowest BCUT2D eigenvalue weighted by atomic mass is 9.91. The zero-order valence-corrected chi connectivity index (χ0v) is 15.4. The Labute approximate surface area is 155 Å². The number of benzene rings is 2. The molecule has 0 atom stereocenters. The smallest absolute Gasteiger partial charge is 0.167 e. The molecule has 1 saturated heterocycles. The second-order valence-corrected chi connectivity index (χ2v) is 7.37. The van der Waals surface area contributed by atoms with Crippen molar-refractivity contribution in [2.75, 3.05) is 13.1 Å². The van der Waals surface area contributed by atoms with Crippen LogP contribution < -0.4 is 0 Å². The van der Waals surface area contributed by atoms with Crippen LogP contribution in [-0.2, 0) is 6.42 Å². The number of piperidine rings is 1. The molecule has 3 aromatic rings. The fourth-order valence-corrected chi connectivity index (χ4v) is 3.77. The van der Waals surface area contributed by atoms with Crippen LogP contribution in [0.2, 0.25) is 0 Å². The van der Waals surface area contributed by atoms with Gasteiger partial charge in [-0.2, -0.15) is 0 Å². The molecular formula is C23H26N2O. The largest absolute Gasteiger partial charge is 0.377 e. The third-order valence-electron chi connectivity index (χ3n) is 5.42. The van der Waals surface area contributed by atoms with Gasteiger partial charge >= 0.3 is 0 Å². The fraction of sp³-hybridized carbons (Fsp3) is 0.348. The Bertz CT molecular complexity index is 874. The topological polar surface area (TPSA) is 29.3 Å². The van der Waals surface area contributed by atoms with Crippen LogP contribution in [0.25, 0.3) is 17.0 Å². The molecule has 0 N–H and O–H groups in total. The summed E-state index contributed by atoms with van der Waals surface area (Å²) in [5.74, 6) is 0.785. The maximum absolute atomic E-state index is 5.47. The first-order valence-electron chi connectivity index (χ1n) is 9.60. The molecule has 0 aliphatic carbocycles. The molecule has 3 nitrogen and oxygen atoms in total. The molecule has 2 heterocycles. The first kappa shape index (κ1) is 16.9. The second-order valence-electron chi connectivity index (χ2n) is 7.37. The van der Waals surface area contributed by atoms with Gasteiger partial charge in [-0.05, 0) is 68.5 Å². The minimum absolute atomic E-state index is 0.785.